The quantitative estimate of drug-likeness (QED) is 0.441. The Labute approximate surface area is 151 Å². The molecular formula is C24H42. The molecule has 0 radical (unpaired) electrons. The van der Waals surface area contributed by atoms with Gasteiger partial charge in [-0.05, 0) is 96.2 Å². The lowest BCUT2D eigenvalue weighted by atomic mass is 9.50. The largest absolute Gasteiger partial charge is 0.0625 e. The molecule has 0 amide bonds. The zero-order valence-electron chi connectivity index (χ0n) is 17.5. The molecule has 4 saturated carbocycles. The summed E-state index contributed by atoms with van der Waals surface area (Å²) in [7, 11) is 0. The Morgan fingerprint density at radius 2 is 1.50 bits per heavy atom. The fourth-order valence-electron chi connectivity index (χ4n) is 8.99. The van der Waals surface area contributed by atoms with E-state index in [-0.39, 0.29) is 0 Å². The van der Waals surface area contributed by atoms with E-state index in [0.29, 0.717) is 16.2 Å². The lowest BCUT2D eigenvalue weighted by molar-refractivity contribution is -0.0644. The lowest BCUT2D eigenvalue weighted by Crippen LogP contribution is -2.48. The van der Waals surface area contributed by atoms with Crippen LogP contribution in [-0.4, -0.2) is 0 Å². The minimum Gasteiger partial charge on any atom is -0.0625 e. The summed E-state index contributed by atoms with van der Waals surface area (Å²) in [5, 5.41) is 0. The van der Waals surface area contributed by atoms with Gasteiger partial charge in [-0.1, -0.05) is 54.9 Å². The summed E-state index contributed by atoms with van der Waals surface area (Å²) in [5.74, 6) is 6.85. The molecule has 5 unspecified atom stereocenters. The molecular weight excluding hydrogens is 288 g/mol. The van der Waals surface area contributed by atoms with Crippen LogP contribution in [0.25, 0.3) is 0 Å². The first-order chi connectivity index (χ1) is 11.1. The van der Waals surface area contributed by atoms with Gasteiger partial charge in [-0.2, -0.15) is 0 Å². The molecule has 0 nitrogen and oxygen atoms in total. The van der Waals surface area contributed by atoms with Crippen LogP contribution in [-0.2, 0) is 0 Å². The number of fused-ring (bicyclic) bond motifs is 5. The summed E-state index contributed by atoms with van der Waals surface area (Å²) in [5.41, 5.74) is 1.77. The third-order valence-corrected chi connectivity index (χ3v) is 10.9. The van der Waals surface area contributed by atoms with Gasteiger partial charge in [-0.15, -0.1) is 0 Å². The highest BCUT2D eigenvalue weighted by Crippen LogP contribution is 2.73. The number of rotatable bonds is 0. The van der Waals surface area contributed by atoms with E-state index in [2.05, 4.69) is 48.5 Å². The van der Waals surface area contributed by atoms with Crippen LogP contribution in [0.4, 0.5) is 0 Å². The van der Waals surface area contributed by atoms with Crippen molar-refractivity contribution in [1.82, 2.24) is 0 Å². The first-order valence-electron chi connectivity index (χ1n) is 11.1. The molecule has 4 fully saturated rings. The molecule has 4 aliphatic carbocycles. The van der Waals surface area contributed by atoms with E-state index in [1.165, 1.54) is 32.1 Å². The second kappa shape index (κ2) is 5.26. The molecule has 0 saturated heterocycles. The fraction of sp³-hybridized carbons (Fsp3) is 1.00. The van der Waals surface area contributed by atoms with Gasteiger partial charge in [-0.25, -0.2) is 0 Å². The predicted molar refractivity (Wildman–Crippen MR) is 104 cm³/mol. The van der Waals surface area contributed by atoms with E-state index in [1.807, 2.05) is 0 Å². The summed E-state index contributed by atoms with van der Waals surface area (Å²) in [6, 6.07) is 0. The normalized spacial score (nSPS) is 59.4. The van der Waals surface area contributed by atoms with Gasteiger partial charge >= 0.3 is 0 Å². The predicted octanol–water partition coefficient (Wildman–Crippen LogP) is 7.18. The van der Waals surface area contributed by atoms with E-state index in [9.17, 15) is 0 Å². The third kappa shape index (κ3) is 2.04. The molecule has 4 aliphatic rings. The van der Waals surface area contributed by atoms with E-state index >= 15 is 0 Å². The highest BCUT2D eigenvalue weighted by molar-refractivity contribution is 5.15. The van der Waals surface area contributed by atoms with Gasteiger partial charge in [0.15, 0.2) is 0 Å². The van der Waals surface area contributed by atoms with Crippen LogP contribution in [0.5, 0.6) is 0 Å². The van der Waals surface area contributed by atoms with Crippen molar-refractivity contribution in [3.8, 4) is 0 Å². The molecule has 0 aliphatic heterocycles. The van der Waals surface area contributed by atoms with Crippen molar-refractivity contribution in [3.63, 3.8) is 0 Å². The van der Waals surface area contributed by atoms with E-state index in [0.717, 1.165) is 41.4 Å². The van der Waals surface area contributed by atoms with Crippen LogP contribution in [0.15, 0.2) is 0 Å². The SMILES string of the molecule is CC1C2C(CCC3C[C@@H](C)CC[C@@]32C)C2CCC(C)(C)[C@H](C)[C@@]12C. The van der Waals surface area contributed by atoms with Gasteiger partial charge in [0, 0.05) is 0 Å². The molecule has 0 N–H and O–H groups in total. The van der Waals surface area contributed by atoms with Crippen molar-refractivity contribution in [3.05, 3.63) is 0 Å². The van der Waals surface area contributed by atoms with E-state index < -0.39 is 0 Å². The van der Waals surface area contributed by atoms with Crippen molar-refractivity contribution in [1.29, 1.82) is 0 Å². The molecule has 0 heterocycles. The molecule has 0 aromatic rings. The lowest BCUT2D eigenvalue weighted by Gasteiger charge is -2.55. The van der Waals surface area contributed by atoms with Crippen molar-refractivity contribution >= 4 is 0 Å². The molecule has 0 aromatic carbocycles. The summed E-state index contributed by atoms with van der Waals surface area (Å²) in [4.78, 5) is 0. The Bertz CT molecular complexity index is 504. The second-order valence-corrected chi connectivity index (χ2v) is 11.9. The Morgan fingerprint density at radius 1 is 0.792 bits per heavy atom. The Hall–Kier alpha value is 0. The topological polar surface area (TPSA) is 0 Å². The average Bonchev–Trinajstić information content (AvgIpc) is 2.75. The summed E-state index contributed by atoms with van der Waals surface area (Å²) < 4.78 is 0. The van der Waals surface area contributed by atoms with Crippen LogP contribution in [0.3, 0.4) is 0 Å². The van der Waals surface area contributed by atoms with Crippen LogP contribution in [0.2, 0.25) is 0 Å². The maximum Gasteiger partial charge on any atom is -0.0235 e. The van der Waals surface area contributed by atoms with Crippen LogP contribution in [0.1, 0.15) is 93.4 Å². The zero-order valence-corrected chi connectivity index (χ0v) is 17.5. The smallest absolute Gasteiger partial charge is 0.0235 e. The van der Waals surface area contributed by atoms with Crippen molar-refractivity contribution < 1.29 is 0 Å². The van der Waals surface area contributed by atoms with Gasteiger partial charge in [0.25, 0.3) is 0 Å². The van der Waals surface area contributed by atoms with Gasteiger partial charge in [0.05, 0.1) is 0 Å². The molecule has 4 rings (SSSR count). The second-order valence-electron chi connectivity index (χ2n) is 11.9. The monoisotopic (exact) mass is 330 g/mol. The average molecular weight is 331 g/mol. The van der Waals surface area contributed by atoms with Crippen LogP contribution < -0.4 is 0 Å². The molecule has 0 spiro atoms. The summed E-state index contributed by atoms with van der Waals surface area (Å²) in [6.45, 7) is 18.4. The minimum atomic E-state index is 0.536. The third-order valence-electron chi connectivity index (χ3n) is 10.9. The summed E-state index contributed by atoms with van der Waals surface area (Å²) >= 11 is 0. The molecule has 0 aromatic heterocycles. The Balaban J connectivity index is 1.73. The van der Waals surface area contributed by atoms with Gasteiger partial charge in [-0.3, -0.25) is 0 Å². The van der Waals surface area contributed by atoms with Crippen LogP contribution >= 0.6 is 0 Å². The van der Waals surface area contributed by atoms with E-state index in [4.69, 9.17) is 0 Å². The standard InChI is InChI=1S/C24H42/c1-15-10-13-23(6)18(14-15)8-9-19-20-11-12-22(4,5)17(3)24(20,7)16(2)21(19)23/h15-21H,8-14H2,1-7H3/t15-,16?,17-,18?,19?,20?,21?,23-,24+/m0/s1. The van der Waals surface area contributed by atoms with Gasteiger partial charge < -0.3 is 0 Å². The zero-order chi connectivity index (χ0) is 17.5. The highest BCUT2D eigenvalue weighted by atomic mass is 14.7. The van der Waals surface area contributed by atoms with E-state index in [1.54, 1.807) is 12.8 Å². The first kappa shape index (κ1) is 17.4. The Kier molecular flexibility index (Phi) is 3.82. The molecule has 24 heavy (non-hydrogen) atoms. The van der Waals surface area contributed by atoms with Crippen molar-refractivity contribution in [2.45, 2.75) is 93.4 Å². The Morgan fingerprint density at radius 3 is 2.21 bits per heavy atom. The van der Waals surface area contributed by atoms with Gasteiger partial charge in [0.1, 0.15) is 0 Å². The van der Waals surface area contributed by atoms with Gasteiger partial charge in [0.2, 0.25) is 0 Å². The highest BCUT2D eigenvalue weighted by Gasteiger charge is 2.67. The fourth-order valence-corrected chi connectivity index (χ4v) is 8.99. The minimum absolute atomic E-state index is 0.536. The molecule has 0 heteroatoms. The molecule has 138 valence electrons. The van der Waals surface area contributed by atoms with Crippen molar-refractivity contribution in [2.75, 3.05) is 0 Å². The summed E-state index contributed by atoms with van der Waals surface area (Å²) in [6.07, 6.45) is 10.6. The molecule has 0 bridgehead atoms. The maximum atomic E-state index is 2.73. The first-order valence-corrected chi connectivity index (χ1v) is 11.1. The number of hydrogen-bond donors (Lipinski definition) is 0. The number of hydrogen-bond acceptors (Lipinski definition) is 0. The van der Waals surface area contributed by atoms with Crippen LogP contribution in [0, 0.1) is 57.7 Å². The van der Waals surface area contributed by atoms with Crippen molar-refractivity contribution in [2.24, 2.45) is 57.7 Å². The maximum absolute atomic E-state index is 2.73. The molecule has 9 atom stereocenters.